The van der Waals surface area contributed by atoms with Crippen LogP contribution in [0.4, 0.5) is 31.1 Å². The van der Waals surface area contributed by atoms with E-state index >= 15 is 0 Å². The number of hydrogen-bond donors (Lipinski definition) is 0. The van der Waals surface area contributed by atoms with Gasteiger partial charge < -0.3 is 9.26 Å². The fourth-order valence-electron chi connectivity index (χ4n) is 0.693. The molecule has 0 heterocycles. The van der Waals surface area contributed by atoms with Gasteiger partial charge in [0.15, 0.2) is 13.2 Å². The van der Waals surface area contributed by atoms with Crippen molar-refractivity contribution in [3.05, 3.63) is 0 Å². The molecule has 0 saturated heterocycles. The van der Waals surface area contributed by atoms with Gasteiger partial charge in [-0.25, -0.2) is 9.36 Å². The second kappa shape index (κ2) is 6.58. The molecule has 19 heavy (non-hydrogen) atoms. The maximum absolute atomic E-state index is 11.8. The Hall–Kier alpha value is -0.800. The largest absolute Gasteiger partial charge is 0.447 e. The standard InChI is InChI=1S/C7H9F6O5P/c1-2-17-19(15,18-4-7(11,12)13)5(14)16-3-6(8,9)10/h2-4H2,1H3. The fourth-order valence-corrected chi connectivity index (χ4v) is 1.86. The van der Waals surface area contributed by atoms with Gasteiger partial charge in [0.25, 0.3) is 0 Å². The lowest BCUT2D eigenvalue weighted by molar-refractivity contribution is -0.161. The fraction of sp³-hybridized carbons (Fsp3) is 0.857. The first-order chi connectivity index (χ1) is 8.40. The van der Waals surface area contributed by atoms with Gasteiger partial charge in [0.1, 0.15) is 0 Å². The highest BCUT2D eigenvalue weighted by molar-refractivity contribution is 7.71. The van der Waals surface area contributed by atoms with Crippen LogP contribution in [-0.4, -0.2) is 37.9 Å². The summed E-state index contributed by atoms with van der Waals surface area (Å²) in [5.41, 5.74) is -2.13. The Morgan fingerprint density at radius 3 is 1.84 bits per heavy atom. The van der Waals surface area contributed by atoms with Crippen molar-refractivity contribution in [2.45, 2.75) is 19.3 Å². The van der Waals surface area contributed by atoms with Crippen LogP contribution in [0, 0.1) is 0 Å². The number of ether oxygens (including phenoxy) is 1. The number of rotatable bonds is 6. The zero-order valence-electron chi connectivity index (χ0n) is 9.38. The Balaban J connectivity index is 4.68. The van der Waals surface area contributed by atoms with Gasteiger partial charge >= 0.3 is 25.7 Å². The summed E-state index contributed by atoms with van der Waals surface area (Å²) in [6.45, 7) is -3.60. The lowest BCUT2D eigenvalue weighted by Crippen LogP contribution is -2.23. The van der Waals surface area contributed by atoms with Crippen LogP contribution in [0.25, 0.3) is 0 Å². The number of carbonyl (C=O) groups excluding carboxylic acids is 1. The van der Waals surface area contributed by atoms with Crippen molar-refractivity contribution in [3.63, 3.8) is 0 Å². The Morgan fingerprint density at radius 1 is 1.00 bits per heavy atom. The SMILES string of the molecule is CCOP(=O)(OCC(F)(F)F)C(=O)OCC(F)(F)F. The summed E-state index contributed by atoms with van der Waals surface area (Å²) >= 11 is 0. The van der Waals surface area contributed by atoms with Crippen LogP contribution >= 0.6 is 7.60 Å². The van der Waals surface area contributed by atoms with Crippen LogP contribution in [0.2, 0.25) is 0 Å². The van der Waals surface area contributed by atoms with Gasteiger partial charge in [0, 0.05) is 0 Å². The molecule has 0 aliphatic carbocycles. The zero-order valence-corrected chi connectivity index (χ0v) is 10.3. The molecule has 0 aromatic rings. The Morgan fingerprint density at radius 2 is 1.47 bits per heavy atom. The van der Waals surface area contributed by atoms with E-state index in [9.17, 15) is 35.7 Å². The molecule has 114 valence electrons. The molecule has 0 spiro atoms. The molecule has 1 unspecified atom stereocenters. The van der Waals surface area contributed by atoms with Crippen molar-refractivity contribution in [2.24, 2.45) is 0 Å². The monoisotopic (exact) mass is 318 g/mol. The van der Waals surface area contributed by atoms with Crippen LogP contribution in [-0.2, 0) is 18.3 Å². The molecule has 0 N–H and O–H groups in total. The zero-order chi connectivity index (χ0) is 15.3. The predicted octanol–water partition coefficient (Wildman–Crippen LogP) is 3.49. The molecule has 0 rings (SSSR count). The molecule has 0 aromatic carbocycles. The van der Waals surface area contributed by atoms with Crippen molar-refractivity contribution in [1.29, 1.82) is 0 Å². The van der Waals surface area contributed by atoms with E-state index in [1.807, 2.05) is 0 Å². The van der Waals surface area contributed by atoms with Crippen molar-refractivity contribution in [1.82, 2.24) is 0 Å². The Labute approximate surface area is 103 Å². The van der Waals surface area contributed by atoms with E-state index in [4.69, 9.17) is 0 Å². The minimum absolute atomic E-state index is 0.518. The molecule has 0 aliphatic heterocycles. The van der Waals surface area contributed by atoms with Crippen molar-refractivity contribution >= 4 is 13.3 Å². The van der Waals surface area contributed by atoms with Crippen molar-refractivity contribution in [2.75, 3.05) is 19.8 Å². The van der Waals surface area contributed by atoms with E-state index < -0.39 is 45.5 Å². The number of alkyl halides is 6. The van der Waals surface area contributed by atoms with Crippen LogP contribution in [0.1, 0.15) is 6.92 Å². The first-order valence-electron chi connectivity index (χ1n) is 4.59. The third-order valence-electron chi connectivity index (χ3n) is 1.28. The quantitative estimate of drug-likeness (QED) is 0.554. The molecular formula is C7H9F6O5P. The molecule has 0 aromatic heterocycles. The molecule has 0 bridgehead atoms. The second-order valence-corrected chi connectivity index (χ2v) is 4.85. The van der Waals surface area contributed by atoms with E-state index in [1.165, 1.54) is 0 Å². The summed E-state index contributed by atoms with van der Waals surface area (Å²) in [6, 6.07) is 0. The molecule has 0 aliphatic rings. The van der Waals surface area contributed by atoms with E-state index in [-0.39, 0.29) is 0 Å². The van der Waals surface area contributed by atoms with Crippen LogP contribution in [0.15, 0.2) is 0 Å². The molecule has 0 radical (unpaired) electrons. The van der Waals surface area contributed by atoms with Gasteiger partial charge in [-0.2, -0.15) is 26.3 Å². The first-order valence-corrected chi connectivity index (χ1v) is 6.14. The minimum Gasteiger partial charge on any atom is -0.447 e. The molecule has 5 nitrogen and oxygen atoms in total. The summed E-state index contributed by atoms with van der Waals surface area (Å²) in [4.78, 5) is 11.0. The average molecular weight is 318 g/mol. The molecule has 12 heteroatoms. The third-order valence-corrected chi connectivity index (χ3v) is 2.92. The summed E-state index contributed by atoms with van der Waals surface area (Å²) in [6.07, 6.45) is -9.85. The average Bonchev–Trinajstić information content (AvgIpc) is 2.21. The summed E-state index contributed by atoms with van der Waals surface area (Å²) in [5, 5.41) is 0. The summed E-state index contributed by atoms with van der Waals surface area (Å²) < 4.78 is 93.6. The summed E-state index contributed by atoms with van der Waals surface area (Å²) in [7, 11) is -5.07. The van der Waals surface area contributed by atoms with Gasteiger partial charge in [-0.3, -0.25) is 4.52 Å². The van der Waals surface area contributed by atoms with Gasteiger partial charge in [-0.05, 0) is 6.92 Å². The molecule has 0 amide bonds. The van der Waals surface area contributed by atoms with E-state index in [0.29, 0.717) is 0 Å². The third kappa shape index (κ3) is 8.06. The second-order valence-electron chi connectivity index (χ2n) is 2.97. The van der Waals surface area contributed by atoms with E-state index in [0.717, 1.165) is 6.92 Å². The number of halogens is 6. The van der Waals surface area contributed by atoms with Gasteiger partial charge in [0.2, 0.25) is 0 Å². The highest BCUT2D eigenvalue weighted by atomic mass is 31.2. The van der Waals surface area contributed by atoms with Crippen LogP contribution in [0.5, 0.6) is 0 Å². The van der Waals surface area contributed by atoms with Crippen molar-refractivity contribution in [3.8, 4) is 0 Å². The molecular weight excluding hydrogens is 309 g/mol. The Kier molecular flexibility index (Phi) is 6.30. The maximum atomic E-state index is 11.8. The van der Waals surface area contributed by atoms with Gasteiger partial charge in [-0.15, -0.1) is 0 Å². The highest BCUT2D eigenvalue weighted by Crippen LogP contribution is 2.51. The lowest BCUT2D eigenvalue weighted by Gasteiger charge is -2.17. The number of hydrogen-bond acceptors (Lipinski definition) is 5. The highest BCUT2D eigenvalue weighted by Gasteiger charge is 2.43. The van der Waals surface area contributed by atoms with Gasteiger partial charge in [-0.1, -0.05) is 0 Å². The summed E-state index contributed by atoms with van der Waals surface area (Å²) in [5.74, 6) is 0. The van der Waals surface area contributed by atoms with E-state index in [2.05, 4.69) is 13.8 Å². The Bertz CT molecular complexity index is 351. The smallest absolute Gasteiger partial charge is 0.438 e. The topological polar surface area (TPSA) is 61.8 Å². The van der Waals surface area contributed by atoms with E-state index in [1.54, 1.807) is 0 Å². The van der Waals surface area contributed by atoms with Crippen molar-refractivity contribution < 1.29 is 49.5 Å². The first kappa shape index (κ1) is 18.2. The maximum Gasteiger partial charge on any atom is 0.438 e. The van der Waals surface area contributed by atoms with Gasteiger partial charge in [0.05, 0.1) is 6.61 Å². The lowest BCUT2D eigenvalue weighted by atomic mass is 10.7. The predicted molar refractivity (Wildman–Crippen MR) is 48.6 cm³/mol. The minimum atomic E-state index is -5.07. The normalized spacial score (nSPS) is 15.9. The van der Waals surface area contributed by atoms with Crippen LogP contribution < -0.4 is 0 Å². The molecule has 0 saturated carbocycles. The molecule has 0 fully saturated rings. The molecule has 1 atom stereocenters. The van der Waals surface area contributed by atoms with Crippen LogP contribution in [0.3, 0.4) is 0 Å². The number of carbonyl (C=O) groups is 1.